The van der Waals surface area contributed by atoms with Gasteiger partial charge in [0.05, 0.1) is 11.2 Å². The summed E-state index contributed by atoms with van der Waals surface area (Å²) in [5.41, 5.74) is 1.95. The summed E-state index contributed by atoms with van der Waals surface area (Å²) in [6, 6.07) is 20.8. The van der Waals surface area contributed by atoms with Crippen LogP contribution >= 0.6 is 0 Å². The van der Waals surface area contributed by atoms with Gasteiger partial charge < -0.3 is 24.3 Å². The lowest BCUT2D eigenvalue weighted by atomic mass is 10.1. The molecule has 2 amide bonds. The molecule has 4 aromatic rings. The molecule has 0 saturated heterocycles. The molecule has 1 N–H and O–H groups in total. The molecule has 0 aliphatic rings. The summed E-state index contributed by atoms with van der Waals surface area (Å²) in [6.07, 6.45) is 0.538. The molecular weight excluding hydrogens is 473 g/mol. The van der Waals surface area contributed by atoms with Crippen LogP contribution in [0.3, 0.4) is 0 Å². The average Bonchev–Trinajstić information content (AvgIpc) is 3.29. The number of rotatable bonds is 9. The number of hydrogen-bond donors (Lipinski definition) is 1. The van der Waals surface area contributed by atoms with Crippen LogP contribution in [0.5, 0.6) is 11.5 Å². The number of ether oxygens (including phenoxy) is 2. The monoisotopic (exact) mass is 503 g/mol. The van der Waals surface area contributed by atoms with Crippen LogP contribution in [0.1, 0.15) is 26.3 Å². The fraction of sp³-hybridized carbons (Fsp3) is 0.241. The average molecular weight is 504 g/mol. The molecule has 0 aliphatic carbocycles. The zero-order valence-corrected chi connectivity index (χ0v) is 21.1. The van der Waals surface area contributed by atoms with Crippen LogP contribution in [-0.4, -0.2) is 40.7 Å². The molecular formula is C29H30FN3O4. The van der Waals surface area contributed by atoms with E-state index in [2.05, 4.69) is 5.32 Å². The molecule has 8 heteroatoms. The number of anilines is 1. The predicted molar refractivity (Wildman–Crippen MR) is 142 cm³/mol. The molecule has 0 radical (unpaired) electrons. The Labute approximate surface area is 215 Å². The summed E-state index contributed by atoms with van der Waals surface area (Å²) < 4.78 is 27.2. The van der Waals surface area contributed by atoms with Crippen molar-refractivity contribution in [3.05, 3.63) is 90.4 Å². The van der Waals surface area contributed by atoms with E-state index in [9.17, 15) is 14.0 Å². The Morgan fingerprint density at radius 1 is 1.00 bits per heavy atom. The Hall–Kier alpha value is -4.33. The van der Waals surface area contributed by atoms with Gasteiger partial charge in [-0.2, -0.15) is 0 Å². The fourth-order valence-electron chi connectivity index (χ4n) is 4.06. The number of fused-ring (bicyclic) bond motifs is 1. The number of aromatic nitrogens is 1. The minimum absolute atomic E-state index is 0.230. The number of halogens is 1. The maximum Gasteiger partial charge on any atom is 0.415 e. The first-order valence-electron chi connectivity index (χ1n) is 12.2. The molecule has 0 fully saturated rings. The van der Waals surface area contributed by atoms with Gasteiger partial charge in [0.15, 0.2) is 11.9 Å². The second-order valence-corrected chi connectivity index (χ2v) is 8.55. The summed E-state index contributed by atoms with van der Waals surface area (Å²) in [6.45, 7) is 6.80. The van der Waals surface area contributed by atoms with Gasteiger partial charge in [-0.1, -0.05) is 30.3 Å². The molecule has 0 spiro atoms. The zero-order chi connectivity index (χ0) is 26.4. The van der Waals surface area contributed by atoms with Crippen LogP contribution in [0.15, 0.2) is 79.0 Å². The maximum absolute atomic E-state index is 13.7. The number of hydrogen-bond acceptors (Lipinski definition) is 4. The van der Waals surface area contributed by atoms with Crippen molar-refractivity contribution in [3.63, 3.8) is 0 Å². The summed E-state index contributed by atoms with van der Waals surface area (Å²) in [5, 5.41) is 3.59. The van der Waals surface area contributed by atoms with Crippen molar-refractivity contribution < 1.29 is 23.5 Å². The molecule has 1 atom stereocenters. The van der Waals surface area contributed by atoms with Crippen molar-refractivity contribution in [1.82, 2.24) is 9.47 Å². The molecule has 37 heavy (non-hydrogen) atoms. The van der Waals surface area contributed by atoms with Crippen LogP contribution in [0.2, 0.25) is 0 Å². The highest BCUT2D eigenvalue weighted by Crippen LogP contribution is 2.35. The van der Waals surface area contributed by atoms with Crippen LogP contribution in [0, 0.1) is 5.82 Å². The van der Waals surface area contributed by atoms with Crippen molar-refractivity contribution >= 4 is 28.6 Å². The normalized spacial score (nSPS) is 11.7. The second-order valence-electron chi connectivity index (χ2n) is 8.55. The molecule has 0 bridgehead atoms. The Kier molecular flexibility index (Phi) is 8.08. The number of para-hydroxylation sites is 1. The first kappa shape index (κ1) is 25.8. The molecule has 0 aliphatic heterocycles. The summed E-state index contributed by atoms with van der Waals surface area (Å²) in [5.74, 6) is 0.0975. The van der Waals surface area contributed by atoms with Gasteiger partial charge in [-0.25, -0.2) is 9.18 Å². The van der Waals surface area contributed by atoms with Gasteiger partial charge in [-0.15, -0.1) is 0 Å². The van der Waals surface area contributed by atoms with Gasteiger partial charge in [0.1, 0.15) is 11.6 Å². The van der Waals surface area contributed by atoms with E-state index >= 15 is 0 Å². The largest absolute Gasteiger partial charge is 0.481 e. The Balaban J connectivity index is 1.67. The van der Waals surface area contributed by atoms with Gasteiger partial charge in [0.2, 0.25) is 0 Å². The number of amides is 2. The van der Waals surface area contributed by atoms with E-state index in [4.69, 9.17) is 9.47 Å². The van der Waals surface area contributed by atoms with Gasteiger partial charge in [0.25, 0.3) is 5.91 Å². The minimum atomic E-state index is -0.807. The van der Waals surface area contributed by atoms with E-state index in [1.54, 1.807) is 36.1 Å². The summed E-state index contributed by atoms with van der Waals surface area (Å²) in [4.78, 5) is 27.4. The lowest BCUT2D eigenvalue weighted by Gasteiger charge is -2.21. The van der Waals surface area contributed by atoms with Crippen LogP contribution in [0.4, 0.5) is 14.9 Å². The zero-order valence-electron chi connectivity index (χ0n) is 21.1. The van der Waals surface area contributed by atoms with Gasteiger partial charge in [-0.3, -0.25) is 4.79 Å². The molecule has 7 nitrogen and oxygen atoms in total. The van der Waals surface area contributed by atoms with Crippen molar-refractivity contribution in [1.29, 1.82) is 0 Å². The highest BCUT2D eigenvalue weighted by Gasteiger charge is 2.22. The number of nitrogens with zero attached hydrogens (tertiary/aromatic N) is 2. The fourth-order valence-corrected chi connectivity index (χ4v) is 4.06. The highest BCUT2D eigenvalue weighted by molar-refractivity contribution is 6.06. The molecule has 1 heterocycles. The topological polar surface area (TPSA) is 72.8 Å². The number of benzene rings is 3. The molecule has 192 valence electrons. The van der Waals surface area contributed by atoms with Crippen molar-refractivity contribution in [2.75, 3.05) is 18.4 Å². The van der Waals surface area contributed by atoms with Crippen LogP contribution in [0.25, 0.3) is 10.9 Å². The number of carbonyl (C=O) groups excluding carboxylic acids is 2. The summed E-state index contributed by atoms with van der Waals surface area (Å²) in [7, 11) is 0. The third-order valence-electron chi connectivity index (χ3n) is 6.05. The minimum Gasteiger partial charge on any atom is -0.481 e. The van der Waals surface area contributed by atoms with E-state index in [1.165, 1.54) is 12.1 Å². The van der Waals surface area contributed by atoms with Crippen molar-refractivity contribution in [2.45, 2.75) is 33.4 Å². The van der Waals surface area contributed by atoms with E-state index < -0.39 is 18.1 Å². The highest BCUT2D eigenvalue weighted by atomic mass is 19.1. The first-order chi connectivity index (χ1) is 17.9. The predicted octanol–water partition coefficient (Wildman–Crippen LogP) is 6.08. The molecule has 0 saturated carbocycles. The Morgan fingerprint density at radius 2 is 1.76 bits per heavy atom. The SMILES string of the molecule is CCN(CC)C(=O)Oc1ccc2c(ccn2Cc2cccc(F)c2)c1NC(=O)C(C)Oc1ccccc1. The lowest BCUT2D eigenvalue weighted by Crippen LogP contribution is -2.34. The summed E-state index contributed by atoms with van der Waals surface area (Å²) >= 11 is 0. The third kappa shape index (κ3) is 6.09. The number of nitrogens with one attached hydrogen (secondary N) is 1. The van der Waals surface area contributed by atoms with Crippen molar-refractivity contribution in [3.8, 4) is 11.5 Å². The third-order valence-corrected chi connectivity index (χ3v) is 6.05. The molecule has 3 aromatic carbocycles. The lowest BCUT2D eigenvalue weighted by molar-refractivity contribution is -0.122. The van der Waals surface area contributed by atoms with E-state index in [1.807, 2.05) is 61.0 Å². The van der Waals surface area contributed by atoms with Gasteiger partial charge in [-0.05, 0) is 68.8 Å². The smallest absolute Gasteiger partial charge is 0.415 e. The Morgan fingerprint density at radius 3 is 2.46 bits per heavy atom. The van der Waals surface area contributed by atoms with E-state index in [0.717, 1.165) is 11.1 Å². The van der Waals surface area contributed by atoms with E-state index in [-0.39, 0.29) is 11.6 Å². The quantitative estimate of drug-likeness (QED) is 0.301. The van der Waals surface area contributed by atoms with Crippen LogP contribution < -0.4 is 14.8 Å². The standard InChI is InChI=1S/C29H30FN3O4/c1-4-32(5-2)29(35)37-26-15-14-25-24(16-17-33(25)19-21-10-9-11-22(30)18-21)27(26)31-28(34)20(3)36-23-12-7-6-8-13-23/h6-18,20H,4-5,19H2,1-3H3,(H,31,34). The first-order valence-corrected chi connectivity index (χ1v) is 12.2. The second kappa shape index (κ2) is 11.6. The van der Waals surface area contributed by atoms with E-state index in [0.29, 0.717) is 36.5 Å². The van der Waals surface area contributed by atoms with Crippen molar-refractivity contribution in [2.24, 2.45) is 0 Å². The van der Waals surface area contributed by atoms with Gasteiger partial charge >= 0.3 is 6.09 Å². The Bertz CT molecular complexity index is 1380. The number of carbonyl (C=O) groups is 2. The maximum atomic E-state index is 13.7. The molecule has 4 rings (SSSR count). The van der Waals surface area contributed by atoms with Crippen LogP contribution in [-0.2, 0) is 11.3 Å². The van der Waals surface area contributed by atoms with Gasteiger partial charge in [0, 0.05) is 31.2 Å². The molecule has 1 aromatic heterocycles. The molecule has 1 unspecified atom stereocenters.